The number of carbonyl (C=O) groups excluding carboxylic acids is 1. The molecule has 0 aromatic heterocycles. The van der Waals surface area contributed by atoms with Gasteiger partial charge in [-0.15, -0.1) is 0 Å². The van der Waals surface area contributed by atoms with E-state index in [4.69, 9.17) is 5.11 Å². The fourth-order valence-electron chi connectivity index (χ4n) is 0.415. The average Bonchev–Trinajstić information content (AvgIpc) is 2.04. The molecule has 0 spiro atoms. The molecule has 0 aromatic rings. The summed E-state index contributed by atoms with van der Waals surface area (Å²) in [4.78, 5) is 10.5. The number of rotatable bonds is 2. The molecule has 0 aliphatic rings. The van der Waals surface area contributed by atoms with Crippen LogP contribution >= 0.6 is 0 Å². The molecule has 11 heavy (non-hydrogen) atoms. The Bertz CT molecular complexity index is 176. The van der Waals surface area contributed by atoms with Crippen LogP contribution in [0.5, 0.6) is 0 Å². The van der Waals surface area contributed by atoms with Crippen LogP contribution in [0, 0.1) is 11.8 Å². The van der Waals surface area contributed by atoms with Gasteiger partial charge in [0.1, 0.15) is 12.5 Å². The molecule has 3 nitrogen and oxygen atoms in total. The van der Waals surface area contributed by atoms with Crippen LogP contribution in [-0.4, -0.2) is 24.3 Å². The average molecular weight is 156 g/mol. The highest BCUT2D eigenvalue weighted by Crippen LogP contribution is 1.87. The van der Waals surface area contributed by atoms with Crippen molar-refractivity contribution in [3.63, 3.8) is 0 Å². The van der Waals surface area contributed by atoms with Crippen molar-refractivity contribution in [2.45, 2.75) is 25.9 Å². The van der Waals surface area contributed by atoms with E-state index < -0.39 is 6.10 Å². The zero-order valence-corrected chi connectivity index (χ0v) is 6.76. The van der Waals surface area contributed by atoms with Gasteiger partial charge in [-0.1, -0.05) is 18.8 Å². The van der Waals surface area contributed by atoms with E-state index in [1.807, 2.05) is 6.92 Å². The van der Waals surface area contributed by atoms with Crippen molar-refractivity contribution in [3.8, 4) is 11.8 Å². The SMILES string of the molecule is CCC(O)C#CCC(=O)OC. The molecular formula is C8H12O3. The Kier molecular flexibility index (Phi) is 5.22. The second-order valence-corrected chi connectivity index (χ2v) is 2.00. The molecule has 0 aromatic carbocycles. The Hall–Kier alpha value is -1.01. The van der Waals surface area contributed by atoms with E-state index in [9.17, 15) is 4.79 Å². The number of esters is 1. The third-order valence-corrected chi connectivity index (χ3v) is 1.12. The molecule has 1 unspecified atom stereocenters. The van der Waals surface area contributed by atoms with E-state index in [0.29, 0.717) is 6.42 Å². The first-order valence-electron chi connectivity index (χ1n) is 3.44. The Balaban J connectivity index is 3.63. The van der Waals surface area contributed by atoms with Crippen molar-refractivity contribution >= 4 is 5.97 Å². The van der Waals surface area contributed by atoms with Gasteiger partial charge in [-0.05, 0) is 6.42 Å². The lowest BCUT2D eigenvalue weighted by atomic mass is 10.3. The second kappa shape index (κ2) is 5.75. The number of ether oxygens (including phenoxy) is 1. The van der Waals surface area contributed by atoms with Gasteiger partial charge in [0.25, 0.3) is 0 Å². The van der Waals surface area contributed by atoms with Crippen LogP contribution in [0.3, 0.4) is 0 Å². The minimum Gasteiger partial charge on any atom is -0.468 e. The quantitative estimate of drug-likeness (QED) is 0.462. The molecule has 0 heterocycles. The molecule has 0 saturated heterocycles. The van der Waals surface area contributed by atoms with Gasteiger partial charge in [-0.3, -0.25) is 4.79 Å². The number of methoxy groups -OCH3 is 1. The predicted octanol–water partition coefficient (Wildman–Crippen LogP) is 0.324. The molecule has 0 radical (unpaired) electrons. The fraction of sp³-hybridized carbons (Fsp3) is 0.625. The van der Waals surface area contributed by atoms with Gasteiger partial charge in [-0.25, -0.2) is 0 Å². The minimum absolute atomic E-state index is 0.0492. The first-order chi connectivity index (χ1) is 5.20. The zero-order chi connectivity index (χ0) is 8.69. The maximum absolute atomic E-state index is 10.5. The summed E-state index contributed by atoms with van der Waals surface area (Å²) >= 11 is 0. The van der Waals surface area contributed by atoms with Gasteiger partial charge in [0.2, 0.25) is 0 Å². The summed E-state index contributed by atoms with van der Waals surface area (Å²) in [5, 5.41) is 8.92. The van der Waals surface area contributed by atoms with Crippen LogP contribution in [0.4, 0.5) is 0 Å². The van der Waals surface area contributed by atoms with Gasteiger partial charge in [0.15, 0.2) is 0 Å². The number of aliphatic hydroxyl groups excluding tert-OH is 1. The Morgan fingerprint density at radius 3 is 2.82 bits per heavy atom. The Labute approximate surface area is 66.4 Å². The third kappa shape index (κ3) is 5.43. The highest BCUT2D eigenvalue weighted by atomic mass is 16.5. The lowest BCUT2D eigenvalue weighted by molar-refractivity contribution is -0.139. The van der Waals surface area contributed by atoms with Crippen LogP contribution in [0.2, 0.25) is 0 Å². The molecule has 0 aliphatic carbocycles. The van der Waals surface area contributed by atoms with Gasteiger partial charge in [0.05, 0.1) is 7.11 Å². The molecule has 0 amide bonds. The maximum atomic E-state index is 10.5. The first kappa shape index (κ1) is 9.99. The van der Waals surface area contributed by atoms with E-state index in [1.54, 1.807) is 0 Å². The molecule has 0 rings (SSSR count). The van der Waals surface area contributed by atoms with Crippen LogP contribution in [0.15, 0.2) is 0 Å². The molecule has 1 N–H and O–H groups in total. The highest BCUT2D eigenvalue weighted by Gasteiger charge is 1.95. The van der Waals surface area contributed by atoms with Crippen LogP contribution in [-0.2, 0) is 9.53 Å². The van der Waals surface area contributed by atoms with E-state index in [-0.39, 0.29) is 12.4 Å². The third-order valence-electron chi connectivity index (χ3n) is 1.12. The van der Waals surface area contributed by atoms with E-state index in [1.165, 1.54) is 7.11 Å². The monoisotopic (exact) mass is 156 g/mol. The summed E-state index contributed by atoms with van der Waals surface area (Å²) in [6, 6.07) is 0. The van der Waals surface area contributed by atoms with Crippen molar-refractivity contribution in [1.29, 1.82) is 0 Å². The summed E-state index contributed by atoms with van der Waals surface area (Å²) in [6.07, 6.45) is 0.00140. The molecule has 62 valence electrons. The Morgan fingerprint density at radius 1 is 1.73 bits per heavy atom. The summed E-state index contributed by atoms with van der Waals surface area (Å²) in [6.45, 7) is 1.82. The lowest BCUT2D eigenvalue weighted by Gasteiger charge is -1.94. The minimum atomic E-state index is -0.625. The summed E-state index contributed by atoms with van der Waals surface area (Å²) in [5.41, 5.74) is 0. The van der Waals surface area contributed by atoms with Crippen LogP contribution in [0.25, 0.3) is 0 Å². The second-order valence-electron chi connectivity index (χ2n) is 2.00. The number of aliphatic hydroxyl groups is 1. The standard InChI is InChI=1S/C8H12O3/c1-3-7(9)5-4-6-8(10)11-2/h7,9H,3,6H2,1-2H3. The molecule has 1 atom stereocenters. The number of hydrogen-bond acceptors (Lipinski definition) is 3. The van der Waals surface area contributed by atoms with Crippen molar-refractivity contribution in [2.75, 3.05) is 7.11 Å². The molecule has 0 saturated carbocycles. The van der Waals surface area contributed by atoms with Gasteiger partial charge in [-0.2, -0.15) is 0 Å². The first-order valence-corrected chi connectivity index (χ1v) is 3.44. The van der Waals surface area contributed by atoms with Crippen molar-refractivity contribution in [3.05, 3.63) is 0 Å². The molecule has 0 aliphatic heterocycles. The summed E-state index contributed by atoms with van der Waals surface area (Å²) in [7, 11) is 1.31. The smallest absolute Gasteiger partial charge is 0.317 e. The Morgan fingerprint density at radius 2 is 2.36 bits per heavy atom. The highest BCUT2D eigenvalue weighted by molar-refractivity contribution is 5.72. The van der Waals surface area contributed by atoms with Crippen LogP contribution < -0.4 is 0 Å². The van der Waals surface area contributed by atoms with E-state index in [0.717, 1.165) is 0 Å². The molecular weight excluding hydrogens is 144 g/mol. The van der Waals surface area contributed by atoms with Gasteiger partial charge >= 0.3 is 5.97 Å². The largest absolute Gasteiger partial charge is 0.468 e. The molecule has 0 fully saturated rings. The molecule has 0 bridgehead atoms. The molecule has 3 heteroatoms. The summed E-state index contributed by atoms with van der Waals surface area (Å²) < 4.78 is 4.34. The van der Waals surface area contributed by atoms with E-state index >= 15 is 0 Å². The van der Waals surface area contributed by atoms with Crippen molar-refractivity contribution < 1.29 is 14.6 Å². The van der Waals surface area contributed by atoms with Gasteiger partial charge < -0.3 is 9.84 Å². The predicted molar refractivity (Wildman–Crippen MR) is 40.7 cm³/mol. The fourth-order valence-corrected chi connectivity index (χ4v) is 0.415. The topological polar surface area (TPSA) is 46.5 Å². The summed E-state index contributed by atoms with van der Waals surface area (Å²) in [5.74, 6) is 4.64. The van der Waals surface area contributed by atoms with Crippen molar-refractivity contribution in [1.82, 2.24) is 0 Å². The zero-order valence-electron chi connectivity index (χ0n) is 6.76. The number of carbonyl (C=O) groups is 1. The van der Waals surface area contributed by atoms with Crippen LogP contribution in [0.1, 0.15) is 19.8 Å². The lowest BCUT2D eigenvalue weighted by Crippen LogP contribution is -2.01. The normalized spacial score (nSPS) is 11.2. The number of hydrogen-bond donors (Lipinski definition) is 1. The maximum Gasteiger partial charge on any atom is 0.317 e. The van der Waals surface area contributed by atoms with E-state index in [2.05, 4.69) is 16.6 Å². The van der Waals surface area contributed by atoms with Gasteiger partial charge in [0, 0.05) is 0 Å². The van der Waals surface area contributed by atoms with Crippen molar-refractivity contribution in [2.24, 2.45) is 0 Å².